The minimum absolute atomic E-state index is 1.24. The molecule has 1 heteroatoms. The quantitative estimate of drug-likeness (QED) is 0.692. The number of hydrogen-bond donors (Lipinski definition) is 0. The zero-order chi connectivity index (χ0) is 6.69. The predicted octanol–water partition coefficient (Wildman–Crippen LogP) is 1.65. The molecule has 0 nitrogen and oxygen atoms in total. The molecule has 46 valence electrons. The van der Waals surface area contributed by atoms with E-state index in [-0.39, 0.29) is 0 Å². The molecule has 0 amide bonds. The molecule has 0 fully saturated rings. The first kappa shape index (κ1) is 7.25. The first-order valence-electron chi connectivity index (χ1n) is 3.35. The number of hydrogen-bond acceptors (Lipinski definition) is 0. The fraction of sp³-hybridized carbons (Fsp3) is 0.250. The van der Waals surface area contributed by atoms with Crippen molar-refractivity contribution in [2.45, 2.75) is 8.97 Å². The van der Waals surface area contributed by atoms with Crippen LogP contribution in [-0.4, -0.2) is 22.7 Å². The summed E-state index contributed by atoms with van der Waals surface area (Å²) in [5, 5.41) is 0. The molecule has 0 spiro atoms. The molecule has 0 atom stereocenters. The van der Waals surface area contributed by atoms with Gasteiger partial charge in [-0.05, 0) is 0 Å². The third-order valence-corrected chi connectivity index (χ3v) is 8.15. The van der Waals surface area contributed by atoms with Gasteiger partial charge in [0.1, 0.15) is 0 Å². The normalized spacial score (nSPS) is 9.11. The SMILES string of the molecule is [CH3][Tl]([CH3])[c]1ccccc1. The Hall–Kier alpha value is 0.142. The van der Waals surface area contributed by atoms with Gasteiger partial charge in [-0.2, -0.15) is 0 Å². The van der Waals surface area contributed by atoms with Gasteiger partial charge in [-0.15, -0.1) is 0 Å². The molecular weight excluding hydrogens is 300 g/mol. The summed E-state index contributed by atoms with van der Waals surface area (Å²) in [6.07, 6.45) is 0. The summed E-state index contributed by atoms with van der Waals surface area (Å²) in [4.78, 5) is 0. The molecule has 9 heavy (non-hydrogen) atoms. The summed E-state index contributed by atoms with van der Waals surface area (Å²) in [6.45, 7) is 0. The van der Waals surface area contributed by atoms with E-state index in [0.29, 0.717) is 0 Å². The van der Waals surface area contributed by atoms with Gasteiger partial charge in [-0.25, -0.2) is 0 Å². The average molecular weight is 312 g/mol. The Morgan fingerprint density at radius 2 is 1.56 bits per heavy atom. The zero-order valence-electron chi connectivity index (χ0n) is 5.96. The van der Waals surface area contributed by atoms with Crippen LogP contribution in [0.1, 0.15) is 0 Å². The van der Waals surface area contributed by atoms with Crippen molar-refractivity contribution >= 4 is 25.8 Å². The Balaban J connectivity index is 2.85. The molecule has 0 unspecified atom stereocenters. The van der Waals surface area contributed by atoms with Crippen LogP contribution in [0, 0.1) is 0 Å². The van der Waals surface area contributed by atoms with E-state index in [1.165, 1.54) is 0 Å². The molecular formula is C8H11Tl. The summed E-state index contributed by atoms with van der Waals surface area (Å²) in [7, 11) is 0. The van der Waals surface area contributed by atoms with E-state index in [2.05, 4.69) is 39.3 Å². The summed E-state index contributed by atoms with van der Waals surface area (Å²) >= 11 is -1.24. The van der Waals surface area contributed by atoms with Gasteiger partial charge in [0.25, 0.3) is 0 Å². The molecule has 0 N–H and O–H groups in total. The summed E-state index contributed by atoms with van der Waals surface area (Å²) in [5.41, 5.74) is 0. The first-order valence-corrected chi connectivity index (χ1v) is 14.6. The Morgan fingerprint density at radius 3 is 1.89 bits per heavy atom. The standard InChI is InChI=1S/C6H5.2CH3.Tl/c1-2-4-6-5-3-1;;;/h1-5H;2*1H3;. The second kappa shape index (κ2) is 3.35. The molecule has 0 aliphatic carbocycles. The van der Waals surface area contributed by atoms with Crippen LogP contribution in [0.3, 0.4) is 0 Å². The van der Waals surface area contributed by atoms with Crippen molar-refractivity contribution in [1.82, 2.24) is 0 Å². The molecule has 0 bridgehead atoms. The molecule has 1 aromatic carbocycles. The molecule has 0 heterocycles. The van der Waals surface area contributed by atoms with Crippen LogP contribution < -0.4 is 3.12 Å². The Bertz CT molecular complexity index is 167. The Morgan fingerprint density at radius 1 is 1.00 bits per heavy atom. The molecule has 0 aliphatic rings. The van der Waals surface area contributed by atoms with Gasteiger partial charge in [0.2, 0.25) is 0 Å². The Kier molecular flexibility index (Phi) is 2.70. The van der Waals surface area contributed by atoms with Crippen molar-refractivity contribution < 1.29 is 0 Å². The van der Waals surface area contributed by atoms with Crippen LogP contribution in [0.2, 0.25) is 8.97 Å². The van der Waals surface area contributed by atoms with Crippen molar-refractivity contribution in [3.63, 3.8) is 0 Å². The van der Waals surface area contributed by atoms with E-state index < -0.39 is 22.7 Å². The fourth-order valence-corrected chi connectivity index (χ4v) is 4.69. The third-order valence-electron chi connectivity index (χ3n) is 1.47. The molecule has 1 aromatic rings. The van der Waals surface area contributed by atoms with Crippen LogP contribution in [0.4, 0.5) is 0 Å². The van der Waals surface area contributed by atoms with E-state index >= 15 is 0 Å². The van der Waals surface area contributed by atoms with Gasteiger partial charge < -0.3 is 0 Å². The van der Waals surface area contributed by atoms with E-state index in [1.54, 1.807) is 3.12 Å². The predicted molar refractivity (Wildman–Crippen MR) is 43.6 cm³/mol. The topological polar surface area (TPSA) is 0 Å². The maximum absolute atomic E-state index is 2.43. The van der Waals surface area contributed by atoms with Crippen molar-refractivity contribution in [3.05, 3.63) is 30.3 Å². The molecule has 0 saturated carbocycles. The fourth-order valence-electron chi connectivity index (χ4n) is 0.838. The van der Waals surface area contributed by atoms with Gasteiger partial charge in [0.05, 0.1) is 0 Å². The van der Waals surface area contributed by atoms with Crippen molar-refractivity contribution in [2.75, 3.05) is 0 Å². The van der Waals surface area contributed by atoms with Crippen LogP contribution >= 0.6 is 0 Å². The Labute approximate surface area is 65.0 Å². The number of benzene rings is 1. The van der Waals surface area contributed by atoms with Gasteiger partial charge >= 0.3 is 65.1 Å². The van der Waals surface area contributed by atoms with Gasteiger partial charge in [0, 0.05) is 0 Å². The van der Waals surface area contributed by atoms with E-state index in [9.17, 15) is 0 Å². The molecule has 0 radical (unpaired) electrons. The summed E-state index contributed by atoms with van der Waals surface area (Å²) in [6, 6.07) is 10.9. The second-order valence-corrected chi connectivity index (χ2v) is 14.1. The van der Waals surface area contributed by atoms with Crippen LogP contribution in [0.5, 0.6) is 0 Å². The second-order valence-electron chi connectivity index (χ2n) is 2.57. The minimum atomic E-state index is -1.24. The monoisotopic (exact) mass is 312 g/mol. The van der Waals surface area contributed by atoms with Crippen molar-refractivity contribution in [3.8, 4) is 0 Å². The van der Waals surface area contributed by atoms with E-state index in [1.807, 2.05) is 0 Å². The molecule has 0 saturated heterocycles. The van der Waals surface area contributed by atoms with Crippen LogP contribution in [0.25, 0.3) is 0 Å². The summed E-state index contributed by atoms with van der Waals surface area (Å²) in [5.74, 6) is 0. The van der Waals surface area contributed by atoms with Gasteiger partial charge in [-0.3, -0.25) is 0 Å². The average Bonchev–Trinajstić information content (AvgIpc) is 1.90. The van der Waals surface area contributed by atoms with Gasteiger partial charge in [0.15, 0.2) is 0 Å². The summed E-state index contributed by atoms with van der Waals surface area (Å²) < 4.78 is 6.49. The zero-order valence-corrected chi connectivity index (χ0v) is 10.5. The molecule has 0 aliphatic heterocycles. The third kappa shape index (κ3) is 2.08. The van der Waals surface area contributed by atoms with E-state index in [0.717, 1.165) is 0 Å². The maximum atomic E-state index is 2.43. The van der Waals surface area contributed by atoms with Gasteiger partial charge in [-0.1, -0.05) is 0 Å². The van der Waals surface area contributed by atoms with Crippen molar-refractivity contribution in [1.29, 1.82) is 0 Å². The molecule has 0 aromatic heterocycles. The van der Waals surface area contributed by atoms with E-state index in [4.69, 9.17) is 0 Å². The molecule has 1 rings (SSSR count). The van der Waals surface area contributed by atoms with Crippen molar-refractivity contribution in [2.24, 2.45) is 0 Å². The number of rotatable bonds is 1. The van der Waals surface area contributed by atoms with Crippen LogP contribution in [0.15, 0.2) is 30.3 Å². The van der Waals surface area contributed by atoms with Crippen LogP contribution in [-0.2, 0) is 0 Å². The first-order chi connectivity index (χ1) is 4.30.